The third-order valence-corrected chi connectivity index (χ3v) is 3.29. The molecule has 0 aliphatic rings. The van der Waals surface area contributed by atoms with Gasteiger partial charge in [0.05, 0.1) is 0 Å². The maximum atomic E-state index is 5.70. The number of rotatable bonds is 2. The van der Waals surface area contributed by atoms with Crippen molar-refractivity contribution in [2.24, 2.45) is 0 Å². The third kappa shape index (κ3) is 1.83. The average molecular weight is 253 g/mol. The van der Waals surface area contributed by atoms with Gasteiger partial charge < -0.3 is 5.73 Å². The molecule has 5 heteroatoms. The molecule has 0 radical (unpaired) electrons. The van der Waals surface area contributed by atoms with Crippen molar-refractivity contribution in [3.05, 3.63) is 41.9 Å². The number of hydrogen-bond acceptors (Lipinski definition) is 4. The number of aromatic nitrogens is 4. The summed E-state index contributed by atoms with van der Waals surface area (Å²) in [4.78, 5) is 4.41. The summed E-state index contributed by atoms with van der Waals surface area (Å²) < 4.78 is 1.93. The lowest BCUT2D eigenvalue weighted by Gasteiger charge is -2.05. The molecule has 2 heterocycles. The molecule has 0 aliphatic carbocycles. The Balaban J connectivity index is 2.23. The standard InChI is InChI=1S/C14H15N5/c1-3-12-9(2)16-8-19-13(17-18-14(12)19)10-4-6-11(15)7-5-10/h4-8H,3,15H2,1-2H3. The van der Waals surface area contributed by atoms with Crippen LogP contribution in [0.4, 0.5) is 5.69 Å². The van der Waals surface area contributed by atoms with E-state index >= 15 is 0 Å². The molecule has 19 heavy (non-hydrogen) atoms. The molecule has 2 N–H and O–H groups in total. The van der Waals surface area contributed by atoms with Crippen molar-refractivity contribution in [2.45, 2.75) is 20.3 Å². The number of nitrogens with two attached hydrogens (primary N) is 1. The number of nitrogen functional groups attached to an aromatic ring is 1. The first kappa shape index (κ1) is 11.6. The molecule has 0 saturated carbocycles. The summed E-state index contributed by atoms with van der Waals surface area (Å²) in [6.45, 7) is 4.10. The van der Waals surface area contributed by atoms with Crippen LogP contribution in [0.5, 0.6) is 0 Å². The van der Waals surface area contributed by atoms with E-state index in [1.54, 1.807) is 6.33 Å². The van der Waals surface area contributed by atoms with E-state index in [1.807, 2.05) is 35.6 Å². The predicted octanol–water partition coefficient (Wildman–Crippen LogP) is 2.24. The summed E-state index contributed by atoms with van der Waals surface area (Å²) in [6.07, 6.45) is 2.67. The van der Waals surface area contributed by atoms with Gasteiger partial charge in [-0.2, -0.15) is 0 Å². The molecule has 1 aromatic carbocycles. The van der Waals surface area contributed by atoms with Gasteiger partial charge in [-0.15, -0.1) is 10.2 Å². The Kier molecular flexibility index (Phi) is 2.67. The molecular formula is C14H15N5. The maximum Gasteiger partial charge on any atom is 0.169 e. The Bertz CT molecular complexity index is 727. The van der Waals surface area contributed by atoms with E-state index in [0.717, 1.165) is 40.4 Å². The number of aryl methyl sites for hydroxylation is 2. The average Bonchev–Trinajstić information content (AvgIpc) is 2.83. The minimum atomic E-state index is 0.737. The largest absolute Gasteiger partial charge is 0.399 e. The highest BCUT2D eigenvalue weighted by atomic mass is 15.3. The van der Waals surface area contributed by atoms with E-state index < -0.39 is 0 Å². The van der Waals surface area contributed by atoms with Gasteiger partial charge >= 0.3 is 0 Å². The van der Waals surface area contributed by atoms with Crippen LogP contribution in [0.25, 0.3) is 17.0 Å². The summed E-state index contributed by atoms with van der Waals surface area (Å²) in [5, 5.41) is 8.57. The van der Waals surface area contributed by atoms with Crippen LogP contribution in [-0.4, -0.2) is 19.6 Å². The normalized spacial score (nSPS) is 11.1. The predicted molar refractivity (Wildman–Crippen MR) is 74.7 cm³/mol. The highest BCUT2D eigenvalue weighted by Gasteiger charge is 2.12. The monoisotopic (exact) mass is 253 g/mol. The van der Waals surface area contributed by atoms with Gasteiger partial charge in [0.25, 0.3) is 0 Å². The molecule has 0 aliphatic heterocycles. The first-order valence-corrected chi connectivity index (χ1v) is 6.26. The highest BCUT2D eigenvalue weighted by molar-refractivity contribution is 5.63. The highest BCUT2D eigenvalue weighted by Crippen LogP contribution is 2.21. The van der Waals surface area contributed by atoms with Gasteiger partial charge in [0, 0.05) is 22.5 Å². The molecule has 0 unspecified atom stereocenters. The second-order valence-corrected chi connectivity index (χ2v) is 4.50. The minimum absolute atomic E-state index is 0.737. The molecule has 3 aromatic rings. The lowest BCUT2D eigenvalue weighted by molar-refractivity contribution is 0.979. The molecule has 3 rings (SSSR count). The van der Waals surface area contributed by atoms with Crippen LogP contribution in [-0.2, 0) is 6.42 Å². The molecular weight excluding hydrogens is 238 g/mol. The van der Waals surface area contributed by atoms with Crippen LogP contribution >= 0.6 is 0 Å². The van der Waals surface area contributed by atoms with Gasteiger partial charge in [0.2, 0.25) is 0 Å². The lowest BCUT2D eigenvalue weighted by Crippen LogP contribution is -1.99. The minimum Gasteiger partial charge on any atom is -0.399 e. The van der Waals surface area contributed by atoms with Crippen molar-refractivity contribution < 1.29 is 0 Å². The Morgan fingerprint density at radius 3 is 2.58 bits per heavy atom. The van der Waals surface area contributed by atoms with E-state index in [-0.39, 0.29) is 0 Å². The van der Waals surface area contributed by atoms with Crippen molar-refractivity contribution in [1.29, 1.82) is 0 Å². The van der Waals surface area contributed by atoms with Crippen molar-refractivity contribution in [2.75, 3.05) is 5.73 Å². The zero-order valence-electron chi connectivity index (χ0n) is 11.0. The molecule has 0 saturated heterocycles. The van der Waals surface area contributed by atoms with E-state index in [2.05, 4.69) is 22.1 Å². The molecule has 96 valence electrons. The van der Waals surface area contributed by atoms with Gasteiger partial charge in [0.1, 0.15) is 6.33 Å². The van der Waals surface area contributed by atoms with Crippen LogP contribution in [0.1, 0.15) is 18.2 Å². The fourth-order valence-corrected chi connectivity index (χ4v) is 2.23. The van der Waals surface area contributed by atoms with Gasteiger partial charge in [-0.3, -0.25) is 4.40 Å². The van der Waals surface area contributed by atoms with Gasteiger partial charge in [-0.1, -0.05) is 6.92 Å². The van der Waals surface area contributed by atoms with Crippen LogP contribution in [0, 0.1) is 6.92 Å². The Labute approximate surface area is 111 Å². The van der Waals surface area contributed by atoms with Crippen LogP contribution in [0.15, 0.2) is 30.6 Å². The van der Waals surface area contributed by atoms with Gasteiger partial charge in [0.15, 0.2) is 11.5 Å². The van der Waals surface area contributed by atoms with E-state index in [4.69, 9.17) is 5.73 Å². The van der Waals surface area contributed by atoms with Crippen molar-refractivity contribution >= 4 is 11.3 Å². The molecule has 5 nitrogen and oxygen atoms in total. The maximum absolute atomic E-state index is 5.70. The van der Waals surface area contributed by atoms with Gasteiger partial charge in [-0.25, -0.2) is 4.98 Å². The molecule has 0 spiro atoms. The van der Waals surface area contributed by atoms with E-state index in [1.165, 1.54) is 0 Å². The summed E-state index contributed by atoms with van der Waals surface area (Å²) in [5.74, 6) is 0.789. The summed E-state index contributed by atoms with van der Waals surface area (Å²) >= 11 is 0. The molecule has 2 aromatic heterocycles. The smallest absolute Gasteiger partial charge is 0.169 e. The third-order valence-electron chi connectivity index (χ3n) is 3.29. The molecule has 0 fully saturated rings. The van der Waals surface area contributed by atoms with Crippen LogP contribution in [0.2, 0.25) is 0 Å². The molecule has 0 amide bonds. The number of anilines is 1. The van der Waals surface area contributed by atoms with Gasteiger partial charge in [-0.05, 0) is 37.6 Å². The van der Waals surface area contributed by atoms with Crippen molar-refractivity contribution in [3.63, 3.8) is 0 Å². The van der Waals surface area contributed by atoms with E-state index in [9.17, 15) is 0 Å². The zero-order valence-corrected chi connectivity index (χ0v) is 11.0. The summed E-state index contributed by atoms with van der Waals surface area (Å²) in [6, 6.07) is 7.60. The summed E-state index contributed by atoms with van der Waals surface area (Å²) in [7, 11) is 0. The summed E-state index contributed by atoms with van der Waals surface area (Å²) in [5.41, 5.74) is 10.4. The molecule has 0 bridgehead atoms. The number of hydrogen-bond donors (Lipinski definition) is 1. The van der Waals surface area contributed by atoms with Crippen molar-refractivity contribution in [3.8, 4) is 11.4 Å². The SMILES string of the molecule is CCc1c(C)ncn2c(-c3ccc(N)cc3)nnc12. The zero-order chi connectivity index (χ0) is 13.4. The van der Waals surface area contributed by atoms with Crippen molar-refractivity contribution in [1.82, 2.24) is 19.6 Å². The Hall–Kier alpha value is -2.43. The topological polar surface area (TPSA) is 69.1 Å². The van der Waals surface area contributed by atoms with E-state index in [0.29, 0.717) is 0 Å². The Morgan fingerprint density at radius 1 is 1.16 bits per heavy atom. The first-order valence-electron chi connectivity index (χ1n) is 6.26. The number of nitrogens with zero attached hydrogens (tertiary/aromatic N) is 4. The fraction of sp³-hybridized carbons (Fsp3) is 0.214. The lowest BCUT2D eigenvalue weighted by atomic mass is 10.1. The quantitative estimate of drug-likeness (QED) is 0.711. The second kappa shape index (κ2) is 4.35. The number of benzene rings is 1. The molecule has 0 atom stereocenters. The van der Waals surface area contributed by atoms with Crippen LogP contribution in [0.3, 0.4) is 0 Å². The first-order chi connectivity index (χ1) is 9.20. The fourth-order valence-electron chi connectivity index (χ4n) is 2.23. The Morgan fingerprint density at radius 2 is 1.89 bits per heavy atom. The second-order valence-electron chi connectivity index (χ2n) is 4.50. The van der Waals surface area contributed by atoms with Crippen LogP contribution < -0.4 is 5.73 Å². The number of fused-ring (bicyclic) bond motifs is 1.